The molecule has 1 aliphatic rings. The van der Waals surface area contributed by atoms with Gasteiger partial charge in [0.05, 0.1) is 24.4 Å². The van der Waals surface area contributed by atoms with Crippen LogP contribution in [-0.4, -0.2) is 67.7 Å². The average molecular weight is 538 g/mol. The van der Waals surface area contributed by atoms with Crippen molar-refractivity contribution in [3.8, 4) is 16.8 Å². The number of benzene rings is 1. The third-order valence-electron chi connectivity index (χ3n) is 5.49. The molecular formula is C20H20BrN5O4S2. The number of ether oxygens (including phenoxy) is 2. The van der Waals surface area contributed by atoms with Crippen molar-refractivity contribution in [2.24, 2.45) is 0 Å². The van der Waals surface area contributed by atoms with E-state index in [0.717, 1.165) is 5.69 Å². The first-order chi connectivity index (χ1) is 15.4. The molecule has 0 bridgehead atoms. The molecule has 1 fully saturated rings. The molecule has 0 amide bonds. The van der Waals surface area contributed by atoms with E-state index >= 15 is 0 Å². The van der Waals surface area contributed by atoms with Gasteiger partial charge in [-0.05, 0) is 25.1 Å². The highest BCUT2D eigenvalue weighted by Gasteiger charge is 2.60. The molecule has 32 heavy (non-hydrogen) atoms. The maximum atomic E-state index is 11.6. The second kappa shape index (κ2) is 9.18. The lowest BCUT2D eigenvalue weighted by Crippen LogP contribution is -2.68. The maximum Gasteiger partial charge on any atom is 0.148 e. The molecule has 1 saturated heterocycles. The minimum absolute atomic E-state index is 0.301. The van der Waals surface area contributed by atoms with Crippen LogP contribution in [0.25, 0.3) is 10.7 Å². The summed E-state index contributed by atoms with van der Waals surface area (Å²) < 4.78 is 13.7. The Balaban J connectivity index is 2.03. The van der Waals surface area contributed by atoms with E-state index in [2.05, 4.69) is 49.9 Å². The maximum absolute atomic E-state index is 11.6. The fraction of sp³-hybridized carbons (Fsp3) is 0.400. The van der Waals surface area contributed by atoms with Crippen molar-refractivity contribution >= 4 is 39.9 Å². The Bertz CT molecular complexity index is 1170. The molecule has 12 heteroatoms. The number of aliphatic hydroxyl groups excluding tert-OH is 2. The second-order valence-electron chi connectivity index (χ2n) is 7.32. The van der Waals surface area contributed by atoms with E-state index in [4.69, 9.17) is 9.47 Å². The van der Waals surface area contributed by atoms with Crippen LogP contribution in [0.4, 0.5) is 0 Å². The molecule has 2 N–H and O–H groups in total. The third-order valence-corrected chi connectivity index (χ3v) is 7.36. The van der Waals surface area contributed by atoms with Crippen LogP contribution in [0.3, 0.4) is 0 Å². The van der Waals surface area contributed by atoms with E-state index in [1.165, 1.54) is 23.1 Å². The van der Waals surface area contributed by atoms with Crippen molar-refractivity contribution in [2.45, 2.75) is 36.2 Å². The first-order valence-electron chi connectivity index (χ1n) is 9.57. The molecule has 168 valence electrons. The fourth-order valence-electron chi connectivity index (χ4n) is 4.09. The number of halogens is 1. The number of methoxy groups -OCH3 is 1. The number of nitriles is 1. The first-order valence-corrected chi connectivity index (χ1v) is 11.8. The van der Waals surface area contributed by atoms with Crippen LogP contribution >= 0.6 is 39.9 Å². The van der Waals surface area contributed by atoms with Gasteiger partial charge in [0.1, 0.15) is 40.0 Å². The van der Waals surface area contributed by atoms with Crippen LogP contribution in [0, 0.1) is 18.3 Å². The van der Waals surface area contributed by atoms with Crippen molar-refractivity contribution in [1.82, 2.24) is 20.0 Å². The van der Waals surface area contributed by atoms with E-state index in [1.807, 2.05) is 12.3 Å². The van der Waals surface area contributed by atoms with Crippen molar-refractivity contribution in [1.29, 1.82) is 5.26 Å². The Morgan fingerprint density at radius 1 is 1.47 bits per heavy atom. The minimum atomic E-state index is -1.49. The highest BCUT2D eigenvalue weighted by Crippen LogP contribution is 2.45. The lowest BCUT2D eigenvalue weighted by molar-refractivity contribution is -0.213. The summed E-state index contributed by atoms with van der Waals surface area (Å²) in [5.74, 6) is 0. The van der Waals surface area contributed by atoms with Crippen LogP contribution in [0.5, 0.6) is 0 Å². The van der Waals surface area contributed by atoms with E-state index in [1.54, 1.807) is 24.4 Å². The molecule has 4 rings (SSSR count). The SMILES string of the molecule is CO[C@H]1[C@@H](S)O[C@H](CO)[C@H](O)C1(c1cc(Br)ccc1C#N)n1cc(-c2nc(C)cs2)nn1. The lowest BCUT2D eigenvalue weighted by Gasteiger charge is -2.51. The normalized spacial score (nSPS) is 27.9. The third kappa shape index (κ3) is 3.67. The highest BCUT2D eigenvalue weighted by atomic mass is 79.9. The zero-order valence-corrected chi connectivity index (χ0v) is 20.4. The van der Waals surface area contributed by atoms with Gasteiger partial charge >= 0.3 is 0 Å². The summed E-state index contributed by atoms with van der Waals surface area (Å²) in [6.07, 6.45) is -1.60. The Morgan fingerprint density at radius 3 is 2.88 bits per heavy atom. The minimum Gasteiger partial charge on any atom is -0.394 e. The van der Waals surface area contributed by atoms with Crippen molar-refractivity contribution < 1.29 is 19.7 Å². The van der Waals surface area contributed by atoms with Crippen molar-refractivity contribution in [2.75, 3.05) is 13.7 Å². The van der Waals surface area contributed by atoms with Crippen LogP contribution in [-0.2, 0) is 15.0 Å². The van der Waals surface area contributed by atoms with Gasteiger partial charge in [0.25, 0.3) is 0 Å². The number of nitrogens with zero attached hydrogens (tertiary/aromatic N) is 5. The highest BCUT2D eigenvalue weighted by molar-refractivity contribution is 9.10. The first kappa shape index (κ1) is 23.3. The number of thiol groups is 1. The van der Waals surface area contributed by atoms with E-state index in [-0.39, 0.29) is 0 Å². The summed E-state index contributed by atoms with van der Waals surface area (Å²) in [6, 6.07) is 7.28. The van der Waals surface area contributed by atoms with Gasteiger partial charge in [0.2, 0.25) is 0 Å². The molecule has 9 nitrogen and oxygen atoms in total. The molecule has 3 heterocycles. The quantitative estimate of drug-likeness (QED) is 0.422. The van der Waals surface area contributed by atoms with Gasteiger partial charge in [-0.2, -0.15) is 5.26 Å². The molecular weight excluding hydrogens is 518 g/mol. The van der Waals surface area contributed by atoms with E-state index in [0.29, 0.717) is 26.3 Å². The van der Waals surface area contributed by atoms with E-state index in [9.17, 15) is 15.5 Å². The number of hydrogen-bond donors (Lipinski definition) is 3. The summed E-state index contributed by atoms with van der Waals surface area (Å²) in [4.78, 5) is 4.46. The Kier molecular flexibility index (Phi) is 6.69. The van der Waals surface area contributed by atoms with Crippen LogP contribution in [0.2, 0.25) is 0 Å². The summed E-state index contributed by atoms with van der Waals surface area (Å²) in [5, 5.41) is 42.6. The zero-order valence-electron chi connectivity index (χ0n) is 17.1. The summed E-state index contributed by atoms with van der Waals surface area (Å²) >= 11 is 9.42. The monoisotopic (exact) mass is 537 g/mol. The summed E-state index contributed by atoms with van der Waals surface area (Å²) in [6.45, 7) is 1.41. The van der Waals surface area contributed by atoms with Gasteiger partial charge in [-0.1, -0.05) is 21.1 Å². The van der Waals surface area contributed by atoms with Crippen LogP contribution in [0.1, 0.15) is 16.8 Å². The lowest BCUT2D eigenvalue weighted by atomic mass is 9.74. The molecule has 2 aromatic heterocycles. The Hall–Kier alpha value is -1.85. The molecule has 1 unspecified atom stereocenters. The summed E-state index contributed by atoms with van der Waals surface area (Å²) in [5.41, 5.74) is -0.248. The smallest absolute Gasteiger partial charge is 0.148 e. The van der Waals surface area contributed by atoms with Gasteiger partial charge < -0.3 is 19.7 Å². The Labute approximate surface area is 202 Å². The van der Waals surface area contributed by atoms with Crippen LogP contribution < -0.4 is 0 Å². The van der Waals surface area contributed by atoms with Crippen molar-refractivity contribution in [3.05, 3.63) is 51.1 Å². The van der Waals surface area contributed by atoms with Crippen LogP contribution in [0.15, 0.2) is 34.2 Å². The largest absolute Gasteiger partial charge is 0.394 e. The second-order valence-corrected chi connectivity index (χ2v) is 9.60. The number of thiazole rings is 1. The average Bonchev–Trinajstić information content (AvgIpc) is 3.44. The molecule has 0 spiro atoms. The molecule has 0 aliphatic carbocycles. The molecule has 1 aliphatic heterocycles. The number of hydrogen-bond acceptors (Lipinski definition) is 10. The summed E-state index contributed by atoms with van der Waals surface area (Å²) in [7, 11) is 1.46. The predicted octanol–water partition coefficient (Wildman–Crippen LogP) is 2.11. The zero-order chi connectivity index (χ0) is 23.0. The standard InChI is InChI=1S/C20H20BrN5O4S2/c1-10-9-32-18(23-10)14-7-26(25-24-14)20(13-5-12(21)4-3-11(13)6-22)16(28)15(8-27)30-19(31)17(20)29-2/h3-5,7,9,15-17,19,27-28,31H,8H2,1-2H3/t15-,16+,17+,19-,20?/m1/s1. The molecule has 0 radical (unpaired) electrons. The topological polar surface area (TPSA) is 126 Å². The number of aromatic nitrogens is 4. The van der Waals surface area contributed by atoms with Gasteiger partial charge in [-0.15, -0.1) is 29.1 Å². The van der Waals surface area contributed by atoms with Gasteiger partial charge in [-0.25, -0.2) is 9.67 Å². The molecule has 5 atom stereocenters. The van der Waals surface area contributed by atoms with Gasteiger partial charge in [0.15, 0.2) is 0 Å². The fourth-order valence-corrected chi connectivity index (χ4v) is 5.71. The molecule has 1 aromatic carbocycles. The van der Waals surface area contributed by atoms with Gasteiger partial charge in [0, 0.05) is 28.2 Å². The predicted molar refractivity (Wildman–Crippen MR) is 123 cm³/mol. The van der Waals surface area contributed by atoms with Gasteiger partial charge in [-0.3, -0.25) is 0 Å². The number of rotatable bonds is 5. The van der Waals surface area contributed by atoms with Crippen molar-refractivity contribution in [3.63, 3.8) is 0 Å². The number of aryl methyl sites for hydroxylation is 1. The number of aliphatic hydroxyl groups is 2. The molecule has 3 aromatic rings. The molecule has 0 saturated carbocycles. The van der Waals surface area contributed by atoms with E-state index < -0.39 is 35.9 Å². The Morgan fingerprint density at radius 2 is 2.25 bits per heavy atom.